The number of amides is 1. The zero-order valence-corrected chi connectivity index (χ0v) is 21.7. The molecule has 12 nitrogen and oxygen atoms in total. The Balaban J connectivity index is 1.86. The monoisotopic (exact) mass is 543 g/mol. The number of nitrogens with two attached hydrogens (primary N) is 1. The fourth-order valence-electron chi connectivity index (χ4n) is 4.07. The van der Waals surface area contributed by atoms with E-state index < -0.39 is 33.8 Å². The number of aromatic hydroxyl groups is 1. The Labute approximate surface area is 218 Å². The Hall–Kier alpha value is -4.10. The molecular weight excluding hydrogens is 514 g/mol. The first-order valence-electron chi connectivity index (χ1n) is 11.9. The molecule has 0 unspecified atom stereocenters. The van der Waals surface area contributed by atoms with Crippen molar-refractivity contribution in [2.75, 3.05) is 30.4 Å². The van der Waals surface area contributed by atoms with Crippen molar-refractivity contribution in [2.45, 2.75) is 31.7 Å². The van der Waals surface area contributed by atoms with Crippen LogP contribution in [0.25, 0.3) is 10.9 Å². The van der Waals surface area contributed by atoms with E-state index in [-0.39, 0.29) is 46.8 Å². The molecule has 4 rings (SSSR count). The summed E-state index contributed by atoms with van der Waals surface area (Å²) in [4.78, 5) is 24.5. The van der Waals surface area contributed by atoms with Crippen LogP contribution in [0.3, 0.4) is 0 Å². The Bertz CT molecular complexity index is 1600. The molecule has 1 aliphatic heterocycles. The fourth-order valence-corrected chi connectivity index (χ4v) is 5.20. The van der Waals surface area contributed by atoms with Crippen LogP contribution in [-0.4, -0.2) is 54.7 Å². The lowest BCUT2D eigenvalue weighted by atomic mass is 10.1. The number of aliphatic hydroxyl groups is 1. The van der Waals surface area contributed by atoms with Gasteiger partial charge in [0.1, 0.15) is 22.0 Å². The van der Waals surface area contributed by atoms with Crippen LogP contribution >= 0.6 is 0 Å². The minimum atomic E-state index is -4.32. The fraction of sp³-hybridized carbons (Fsp3) is 0.320. The maximum Gasteiger partial charge on any atom is 0.286 e. The van der Waals surface area contributed by atoms with Crippen molar-refractivity contribution in [1.82, 2.24) is 4.57 Å². The van der Waals surface area contributed by atoms with Crippen LogP contribution < -0.4 is 26.7 Å². The van der Waals surface area contributed by atoms with E-state index in [0.29, 0.717) is 29.6 Å². The average Bonchev–Trinajstić information content (AvgIpc) is 2.86. The highest BCUT2D eigenvalue weighted by molar-refractivity contribution is 7.90. The molecule has 1 aliphatic rings. The number of hydrogen-bond acceptors (Lipinski definition) is 9. The van der Waals surface area contributed by atoms with Crippen LogP contribution in [0.15, 0.2) is 50.5 Å². The van der Waals surface area contributed by atoms with Crippen molar-refractivity contribution in [3.63, 3.8) is 0 Å². The van der Waals surface area contributed by atoms with Gasteiger partial charge in [-0.05, 0) is 42.7 Å². The van der Waals surface area contributed by atoms with Crippen molar-refractivity contribution < 1.29 is 28.2 Å². The van der Waals surface area contributed by atoms with Crippen molar-refractivity contribution in [2.24, 2.45) is 16.0 Å². The molecular formula is C25H29N5O7S. The molecule has 1 amide bonds. The van der Waals surface area contributed by atoms with Crippen LogP contribution in [-0.2, 0) is 21.4 Å². The van der Waals surface area contributed by atoms with Crippen LogP contribution in [0.4, 0.5) is 11.4 Å². The molecule has 6 N–H and O–H groups in total. The maximum absolute atomic E-state index is 13.7. The lowest BCUT2D eigenvalue weighted by Gasteiger charge is -2.21. The third-order valence-electron chi connectivity index (χ3n) is 5.92. The van der Waals surface area contributed by atoms with Gasteiger partial charge in [0.05, 0.1) is 17.8 Å². The summed E-state index contributed by atoms with van der Waals surface area (Å²) in [6, 6.07) is 9.09. The molecule has 0 spiro atoms. The Kier molecular flexibility index (Phi) is 7.60. The number of nitrogens with zero attached hydrogens (tertiary/aromatic N) is 2. The second-order valence-electron chi connectivity index (χ2n) is 9.20. The van der Waals surface area contributed by atoms with Gasteiger partial charge >= 0.3 is 0 Å². The summed E-state index contributed by atoms with van der Waals surface area (Å²) in [5, 5.41) is 26.6. The number of anilines is 2. The maximum atomic E-state index is 13.7. The summed E-state index contributed by atoms with van der Waals surface area (Å²) in [6.45, 7) is 4.11. The number of nitrogens with one attached hydrogen (secondary N) is 2. The van der Waals surface area contributed by atoms with Gasteiger partial charge in [0, 0.05) is 30.2 Å². The number of rotatable bonds is 10. The van der Waals surface area contributed by atoms with Crippen molar-refractivity contribution in [3.05, 3.63) is 52.3 Å². The number of primary amides is 1. The van der Waals surface area contributed by atoms with Gasteiger partial charge in [0.15, 0.2) is 12.4 Å². The van der Waals surface area contributed by atoms with Gasteiger partial charge in [0.25, 0.3) is 21.5 Å². The van der Waals surface area contributed by atoms with Gasteiger partial charge in [-0.3, -0.25) is 9.59 Å². The summed E-state index contributed by atoms with van der Waals surface area (Å²) < 4.78 is 36.7. The highest BCUT2D eigenvalue weighted by Gasteiger charge is 2.30. The van der Waals surface area contributed by atoms with Gasteiger partial charge in [-0.25, -0.2) is 0 Å². The molecule has 0 atom stereocenters. The van der Waals surface area contributed by atoms with Crippen LogP contribution in [0, 0.1) is 5.92 Å². The van der Waals surface area contributed by atoms with Gasteiger partial charge < -0.3 is 35.9 Å². The van der Waals surface area contributed by atoms with Gasteiger partial charge in [-0.2, -0.15) is 8.42 Å². The molecule has 0 saturated carbocycles. The normalized spacial score (nSPS) is 14.1. The number of fused-ring (bicyclic) bond motifs is 2. The summed E-state index contributed by atoms with van der Waals surface area (Å²) in [5.41, 5.74) is 5.38. The molecule has 13 heteroatoms. The quantitative estimate of drug-likeness (QED) is 0.253. The number of aromatic nitrogens is 1. The predicted molar refractivity (Wildman–Crippen MR) is 143 cm³/mol. The standard InChI is InChI=1S/C25H29N5O7S/c1-14(2)7-9-30-19-6-3-15(27-8-10-31)11-17(19)23(33)22(25(30)34)24-28-18-5-4-16(37-13-21(26)32)12-20(18)38(35,36)29-24/h3-6,11-12,14,27,31,33H,7-10,13H2,1-2H3,(H2,26,32)(H,28,29). The first-order chi connectivity index (χ1) is 18.0. The van der Waals surface area contributed by atoms with E-state index in [1.165, 1.54) is 22.8 Å². The first-order valence-corrected chi connectivity index (χ1v) is 13.4. The number of aryl methyl sites for hydroxylation is 1. The molecule has 0 fully saturated rings. The number of sulfonamides is 1. The highest BCUT2D eigenvalue weighted by atomic mass is 32.2. The number of hydrogen-bond donors (Lipinski definition) is 5. The van der Waals surface area contributed by atoms with E-state index in [0.717, 1.165) is 0 Å². The average molecular weight is 544 g/mol. The van der Waals surface area contributed by atoms with E-state index in [2.05, 4.69) is 15.0 Å². The number of amidine groups is 1. The first kappa shape index (κ1) is 26.9. The lowest BCUT2D eigenvalue weighted by Crippen LogP contribution is -2.33. The number of carbonyl (C=O) groups is 1. The minimum Gasteiger partial charge on any atom is -0.506 e. The van der Waals surface area contributed by atoms with Gasteiger partial charge in [0.2, 0.25) is 0 Å². The number of carbonyl (C=O) groups excluding carboxylic acids is 1. The van der Waals surface area contributed by atoms with Gasteiger partial charge in [-0.1, -0.05) is 13.8 Å². The minimum absolute atomic E-state index is 0.0964. The third kappa shape index (κ3) is 5.43. The molecule has 0 aliphatic carbocycles. The van der Waals surface area contributed by atoms with Crippen LogP contribution in [0.5, 0.6) is 11.5 Å². The van der Waals surface area contributed by atoms with Crippen LogP contribution in [0.2, 0.25) is 0 Å². The van der Waals surface area contributed by atoms with Gasteiger partial charge in [-0.15, -0.1) is 4.40 Å². The summed E-state index contributed by atoms with van der Waals surface area (Å²) >= 11 is 0. The Morgan fingerprint density at radius 2 is 2.00 bits per heavy atom. The highest BCUT2D eigenvalue weighted by Crippen LogP contribution is 2.35. The van der Waals surface area contributed by atoms with E-state index in [1.807, 2.05) is 13.8 Å². The molecule has 2 aromatic carbocycles. The van der Waals surface area contributed by atoms with E-state index in [4.69, 9.17) is 15.6 Å². The zero-order valence-electron chi connectivity index (χ0n) is 20.9. The number of ether oxygens (including phenoxy) is 1. The molecule has 0 bridgehead atoms. The predicted octanol–water partition coefficient (Wildman–Crippen LogP) is 1.58. The summed E-state index contributed by atoms with van der Waals surface area (Å²) in [6.07, 6.45) is 0.666. The lowest BCUT2D eigenvalue weighted by molar-refractivity contribution is -0.119. The molecule has 0 saturated heterocycles. The summed E-state index contributed by atoms with van der Waals surface area (Å²) in [5.74, 6) is -1.09. The van der Waals surface area contributed by atoms with E-state index >= 15 is 0 Å². The second kappa shape index (κ2) is 10.7. The third-order valence-corrected chi connectivity index (χ3v) is 7.24. The number of benzene rings is 2. The van der Waals surface area contributed by atoms with Crippen molar-refractivity contribution >= 4 is 44.0 Å². The van der Waals surface area contributed by atoms with Crippen LogP contribution in [0.1, 0.15) is 25.8 Å². The second-order valence-corrected chi connectivity index (χ2v) is 10.8. The van der Waals surface area contributed by atoms with E-state index in [1.54, 1.807) is 18.2 Å². The number of aliphatic hydroxyl groups excluding tert-OH is 1. The Morgan fingerprint density at radius 3 is 2.68 bits per heavy atom. The SMILES string of the molecule is CC(C)CCn1c(=O)c(C2=NS(=O)(=O)c3cc(OCC(N)=O)ccc3N2)c(O)c2cc(NCCO)ccc21. The molecule has 0 radical (unpaired) electrons. The molecule has 38 heavy (non-hydrogen) atoms. The Morgan fingerprint density at radius 1 is 1.24 bits per heavy atom. The number of pyridine rings is 1. The molecule has 2 heterocycles. The largest absolute Gasteiger partial charge is 0.506 e. The topological polar surface area (TPSA) is 185 Å². The molecule has 3 aromatic rings. The van der Waals surface area contributed by atoms with Crippen molar-refractivity contribution in [3.8, 4) is 11.5 Å². The zero-order chi connectivity index (χ0) is 27.6. The molecule has 1 aromatic heterocycles. The molecule has 202 valence electrons. The summed E-state index contributed by atoms with van der Waals surface area (Å²) in [7, 11) is -4.32. The van der Waals surface area contributed by atoms with E-state index in [9.17, 15) is 23.1 Å². The smallest absolute Gasteiger partial charge is 0.286 e. The van der Waals surface area contributed by atoms with Crippen molar-refractivity contribution in [1.29, 1.82) is 0 Å².